The van der Waals surface area contributed by atoms with Crippen molar-refractivity contribution >= 4 is 5.82 Å². The molecule has 0 aliphatic heterocycles. The minimum Gasteiger partial charge on any atom is -0.362 e. The number of hydrogen-bond donors (Lipinski definition) is 1. The van der Waals surface area contributed by atoms with Crippen molar-refractivity contribution in [1.29, 1.82) is 0 Å². The molecule has 0 fully saturated rings. The molecule has 5 nitrogen and oxygen atoms in total. The lowest BCUT2D eigenvalue weighted by molar-refractivity contribution is 0.392. The normalized spacial score (nSPS) is 12.5. The van der Waals surface area contributed by atoms with Gasteiger partial charge in [0.1, 0.15) is 11.6 Å². The van der Waals surface area contributed by atoms with Crippen LogP contribution >= 0.6 is 0 Å². The predicted molar refractivity (Wildman–Crippen MR) is 69.5 cm³/mol. The lowest BCUT2D eigenvalue weighted by Crippen LogP contribution is -2.11. The van der Waals surface area contributed by atoms with Crippen LogP contribution in [0.5, 0.6) is 0 Å². The molecule has 2 aromatic rings. The Bertz CT molecular complexity index is 543. The van der Waals surface area contributed by atoms with E-state index in [-0.39, 0.29) is 6.04 Å². The fourth-order valence-electron chi connectivity index (χ4n) is 2.06. The summed E-state index contributed by atoms with van der Waals surface area (Å²) in [6, 6.07) is 0.0889. The maximum absolute atomic E-state index is 5.18. The molecule has 0 saturated heterocycles. The van der Waals surface area contributed by atoms with Gasteiger partial charge in [-0.05, 0) is 34.6 Å². The van der Waals surface area contributed by atoms with Crippen LogP contribution in [0.1, 0.15) is 41.4 Å². The second kappa shape index (κ2) is 4.76. The molecule has 2 heterocycles. The van der Waals surface area contributed by atoms with E-state index in [4.69, 9.17) is 4.52 Å². The maximum atomic E-state index is 5.18. The number of anilines is 1. The minimum absolute atomic E-state index is 0.0889. The third-order valence-electron chi connectivity index (χ3n) is 2.95. The van der Waals surface area contributed by atoms with E-state index in [1.807, 2.05) is 27.7 Å². The summed E-state index contributed by atoms with van der Waals surface area (Å²) < 4.78 is 5.18. The Labute approximate surface area is 107 Å². The summed E-state index contributed by atoms with van der Waals surface area (Å²) in [4.78, 5) is 8.75. The van der Waals surface area contributed by atoms with Crippen molar-refractivity contribution in [1.82, 2.24) is 15.1 Å². The Morgan fingerprint density at radius 1 is 1.17 bits per heavy atom. The highest BCUT2D eigenvalue weighted by atomic mass is 16.5. The lowest BCUT2D eigenvalue weighted by Gasteiger charge is -2.15. The molecule has 2 rings (SSSR count). The van der Waals surface area contributed by atoms with Crippen LogP contribution in [-0.2, 0) is 0 Å². The molecule has 2 aromatic heterocycles. The summed E-state index contributed by atoms with van der Waals surface area (Å²) in [5.74, 6) is 1.65. The largest absolute Gasteiger partial charge is 0.362 e. The van der Waals surface area contributed by atoms with Crippen molar-refractivity contribution in [3.05, 3.63) is 34.6 Å². The van der Waals surface area contributed by atoms with Gasteiger partial charge in [-0.25, -0.2) is 4.98 Å². The average Bonchev–Trinajstić information content (AvgIpc) is 2.63. The number of aromatic nitrogens is 3. The van der Waals surface area contributed by atoms with E-state index in [1.54, 1.807) is 6.20 Å². The van der Waals surface area contributed by atoms with Gasteiger partial charge in [-0.2, -0.15) is 0 Å². The van der Waals surface area contributed by atoms with Crippen LogP contribution in [0, 0.1) is 27.7 Å². The van der Waals surface area contributed by atoms with Crippen LogP contribution in [0.15, 0.2) is 10.7 Å². The summed E-state index contributed by atoms with van der Waals surface area (Å²) >= 11 is 0. The molecule has 0 aliphatic carbocycles. The van der Waals surface area contributed by atoms with Crippen LogP contribution in [0.4, 0.5) is 5.82 Å². The molecule has 1 N–H and O–H groups in total. The van der Waals surface area contributed by atoms with Gasteiger partial charge in [0, 0.05) is 11.8 Å². The minimum atomic E-state index is 0.0889. The summed E-state index contributed by atoms with van der Waals surface area (Å²) in [6.07, 6.45) is 1.76. The molecule has 0 spiro atoms. The second-order valence-corrected chi connectivity index (χ2v) is 4.55. The quantitative estimate of drug-likeness (QED) is 0.902. The molecule has 0 saturated carbocycles. The molecule has 96 valence electrons. The van der Waals surface area contributed by atoms with Crippen molar-refractivity contribution in [2.75, 3.05) is 5.32 Å². The first kappa shape index (κ1) is 12.5. The van der Waals surface area contributed by atoms with E-state index >= 15 is 0 Å². The zero-order valence-electron chi connectivity index (χ0n) is 11.4. The molecule has 0 amide bonds. The van der Waals surface area contributed by atoms with Gasteiger partial charge in [-0.15, -0.1) is 0 Å². The van der Waals surface area contributed by atoms with Gasteiger partial charge >= 0.3 is 0 Å². The molecular weight excluding hydrogens is 228 g/mol. The zero-order valence-corrected chi connectivity index (χ0v) is 11.4. The molecule has 0 bridgehead atoms. The smallest absolute Gasteiger partial charge is 0.148 e. The molecule has 1 unspecified atom stereocenters. The van der Waals surface area contributed by atoms with Crippen molar-refractivity contribution < 1.29 is 4.52 Å². The molecule has 0 aliphatic rings. The topological polar surface area (TPSA) is 63.8 Å². The van der Waals surface area contributed by atoms with Gasteiger partial charge in [0.15, 0.2) is 0 Å². The van der Waals surface area contributed by atoms with Crippen molar-refractivity contribution in [2.45, 2.75) is 40.7 Å². The number of rotatable bonds is 3. The molecule has 1 atom stereocenters. The molecular formula is C13H18N4O. The number of nitrogens with zero attached hydrogens (tertiary/aromatic N) is 3. The highest BCUT2D eigenvalue weighted by molar-refractivity contribution is 5.43. The van der Waals surface area contributed by atoms with E-state index in [2.05, 4.69) is 27.4 Å². The Morgan fingerprint density at radius 2 is 1.89 bits per heavy atom. The Hall–Kier alpha value is -1.91. The molecule has 5 heteroatoms. The third kappa shape index (κ3) is 2.34. The van der Waals surface area contributed by atoms with Gasteiger partial charge in [-0.1, -0.05) is 5.16 Å². The summed E-state index contributed by atoms with van der Waals surface area (Å²) in [5, 5.41) is 7.33. The molecule has 0 aromatic carbocycles. The summed E-state index contributed by atoms with van der Waals surface area (Å²) in [7, 11) is 0. The van der Waals surface area contributed by atoms with E-state index in [0.29, 0.717) is 0 Å². The van der Waals surface area contributed by atoms with Crippen molar-refractivity contribution in [2.24, 2.45) is 0 Å². The fourth-order valence-corrected chi connectivity index (χ4v) is 2.06. The van der Waals surface area contributed by atoms with Crippen LogP contribution in [0.25, 0.3) is 0 Å². The Kier molecular flexibility index (Phi) is 3.32. The van der Waals surface area contributed by atoms with Crippen LogP contribution < -0.4 is 5.32 Å². The molecule has 18 heavy (non-hydrogen) atoms. The number of hydrogen-bond acceptors (Lipinski definition) is 5. The van der Waals surface area contributed by atoms with Gasteiger partial charge in [-0.3, -0.25) is 4.98 Å². The van der Waals surface area contributed by atoms with Crippen LogP contribution in [-0.4, -0.2) is 15.1 Å². The monoisotopic (exact) mass is 246 g/mol. The predicted octanol–water partition coefficient (Wildman–Crippen LogP) is 2.87. The first-order valence-corrected chi connectivity index (χ1v) is 5.98. The van der Waals surface area contributed by atoms with Crippen molar-refractivity contribution in [3.63, 3.8) is 0 Å². The standard InChI is InChI=1S/C13H18N4O/c1-7-6-14-10(4)13(15-7)16-8(2)12-9(3)17-18-11(12)5/h6,8H,1-5H3,(H,15,16). The summed E-state index contributed by atoms with van der Waals surface area (Å²) in [6.45, 7) is 9.80. The van der Waals surface area contributed by atoms with E-state index in [0.717, 1.165) is 34.2 Å². The third-order valence-corrected chi connectivity index (χ3v) is 2.95. The SMILES string of the molecule is Cc1cnc(C)c(NC(C)c2c(C)noc2C)n1. The average molecular weight is 246 g/mol. The first-order chi connectivity index (χ1) is 8.49. The second-order valence-electron chi connectivity index (χ2n) is 4.55. The van der Waals surface area contributed by atoms with Crippen LogP contribution in [0.3, 0.4) is 0 Å². The lowest BCUT2D eigenvalue weighted by atomic mass is 10.1. The Morgan fingerprint density at radius 3 is 2.50 bits per heavy atom. The van der Waals surface area contributed by atoms with E-state index in [9.17, 15) is 0 Å². The highest BCUT2D eigenvalue weighted by Gasteiger charge is 2.17. The van der Waals surface area contributed by atoms with Gasteiger partial charge in [0.2, 0.25) is 0 Å². The van der Waals surface area contributed by atoms with Gasteiger partial charge in [0.25, 0.3) is 0 Å². The number of aryl methyl sites for hydroxylation is 4. The van der Waals surface area contributed by atoms with Gasteiger partial charge in [0.05, 0.1) is 23.1 Å². The Balaban J connectivity index is 2.26. The number of nitrogens with one attached hydrogen (secondary N) is 1. The molecule has 0 radical (unpaired) electrons. The van der Waals surface area contributed by atoms with E-state index in [1.165, 1.54) is 0 Å². The highest BCUT2D eigenvalue weighted by Crippen LogP contribution is 2.24. The van der Waals surface area contributed by atoms with Crippen molar-refractivity contribution in [3.8, 4) is 0 Å². The maximum Gasteiger partial charge on any atom is 0.148 e. The summed E-state index contributed by atoms with van der Waals surface area (Å²) in [5.41, 5.74) is 3.77. The van der Waals surface area contributed by atoms with E-state index < -0.39 is 0 Å². The van der Waals surface area contributed by atoms with Crippen LogP contribution in [0.2, 0.25) is 0 Å². The first-order valence-electron chi connectivity index (χ1n) is 5.98. The zero-order chi connectivity index (χ0) is 13.3. The van der Waals surface area contributed by atoms with Gasteiger partial charge < -0.3 is 9.84 Å². The fraction of sp³-hybridized carbons (Fsp3) is 0.462.